The molecule has 8 aromatic rings. The second-order valence-electron chi connectivity index (χ2n) is 17.8. The molecule has 2 heterocycles. The van der Waals surface area contributed by atoms with Crippen LogP contribution in [0.4, 0.5) is 0 Å². The molecule has 8 aromatic carbocycles. The summed E-state index contributed by atoms with van der Waals surface area (Å²) in [6.07, 6.45) is 7.26. The van der Waals surface area contributed by atoms with Gasteiger partial charge in [0.2, 0.25) is 0 Å². The van der Waals surface area contributed by atoms with Crippen molar-refractivity contribution < 1.29 is 0 Å². The molecule has 0 unspecified atom stereocenters. The molecule has 0 aromatic heterocycles. The van der Waals surface area contributed by atoms with E-state index in [1.54, 1.807) is 11.1 Å². The van der Waals surface area contributed by atoms with Crippen LogP contribution in [-0.2, 0) is 12.3 Å². The van der Waals surface area contributed by atoms with Crippen molar-refractivity contribution in [3.63, 3.8) is 0 Å². The van der Waals surface area contributed by atoms with Crippen LogP contribution in [0.3, 0.4) is 0 Å². The Hall–Kier alpha value is -5.38. The van der Waals surface area contributed by atoms with Crippen LogP contribution in [0.1, 0.15) is 68.2 Å². The highest BCUT2D eigenvalue weighted by Crippen LogP contribution is 2.62. The lowest BCUT2D eigenvalue weighted by atomic mass is 9.83. The number of hydrogen-bond acceptors (Lipinski definition) is 0. The van der Waals surface area contributed by atoms with Gasteiger partial charge in [-0.2, -0.15) is 0 Å². The fourth-order valence-electron chi connectivity index (χ4n) is 11.0. The first-order valence-electron chi connectivity index (χ1n) is 22.6. The first-order valence-corrected chi connectivity index (χ1v) is 26.4. The molecule has 0 N–H and O–H groups in total. The van der Waals surface area contributed by atoms with Crippen LogP contribution in [-0.4, -0.2) is 24.6 Å². The summed E-state index contributed by atoms with van der Waals surface area (Å²) in [5.41, 5.74) is 20.3. The van der Waals surface area contributed by atoms with Crippen LogP contribution in [0.2, 0.25) is 0 Å². The molecular formula is C60H56P2. The third-order valence-electron chi connectivity index (χ3n) is 13.9. The van der Waals surface area contributed by atoms with E-state index in [0.717, 1.165) is 12.3 Å². The predicted molar refractivity (Wildman–Crippen MR) is 270 cm³/mol. The molecule has 306 valence electrons. The van der Waals surface area contributed by atoms with Crippen molar-refractivity contribution in [2.75, 3.05) is 24.6 Å². The predicted octanol–water partition coefficient (Wildman–Crippen LogP) is 16.4. The second kappa shape index (κ2) is 18.5. The summed E-state index contributed by atoms with van der Waals surface area (Å²) in [6, 6.07) is 78.0. The average molecular weight is 839 g/mol. The molecule has 2 aliphatic heterocycles. The Bertz CT molecular complexity index is 2430. The molecule has 4 atom stereocenters. The molecule has 0 bridgehead atoms. The molecule has 2 heteroatoms. The minimum atomic E-state index is -0.316. The molecule has 2 aliphatic rings. The number of hydrogen-bond donors (Lipinski definition) is 0. The molecule has 2 saturated heterocycles. The van der Waals surface area contributed by atoms with Gasteiger partial charge in [0.15, 0.2) is 0 Å². The lowest BCUT2D eigenvalue weighted by Gasteiger charge is -2.27. The fourth-order valence-corrected chi connectivity index (χ4v) is 17.4. The first kappa shape index (κ1) is 40.7. The maximum absolute atomic E-state index is 2.45. The summed E-state index contributed by atoms with van der Waals surface area (Å²) in [5.74, 6) is 2.10. The fraction of sp³-hybridized carbons (Fsp3) is 0.200. The van der Waals surface area contributed by atoms with Crippen LogP contribution < -0.4 is 0 Å². The zero-order chi connectivity index (χ0) is 41.8. The molecule has 0 amide bonds. The minimum Gasteiger partial charge on any atom is -0.101 e. The van der Waals surface area contributed by atoms with E-state index in [9.17, 15) is 0 Å². The SMILES string of the molecule is Cc1ccc(-c2ccccc2)c(CP2C[C@@H](c3ccccc3)[C@H](c3ccccc3)C2)c1-c1c(C)ccc(-c2ccccc2)c1CP1C[C@@H](c2ccccc2)[C@H](c2ccccc2)C1. The molecule has 0 spiro atoms. The van der Waals surface area contributed by atoms with Crippen LogP contribution in [0.5, 0.6) is 0 Å². The summed E-state index contributed by atoms with van der Waals surface area (Å²) in [4.78, 5) is 0. The van der Waals surface area contributed by atoms with Crippen molar-refractivity contribution in [2.24, 2.45) is 0 Å². The zero-order valence-electron chi connectivity index (χ0n) is 36.1. The second-order valence-corrected chi connectivity index (χ2v) is 22.5. The van der Waals surface area contributed by atoms with E-state index in [1.165, 1.54) is 91.4 Å². The van der Waals surface area contributed by atoms with Gasteiger partial charge in [0.25, 0.3) is 0 Å². The molecule has 0 aliphatic carbocycles. The van der Waals surface area contributed by atoms with E-state index in [2.05, 4.69) is 220 Å². The highest BCUT2D eigenvalue weighted by molar-refractivity contribution is 7.57. The third-order valence-corrected chi connectivity index (χ3v) is 19.1. The van der Waals surface area contributed by atoms with Crippen LogP contribution in [0.25, 0.3) is 33.4 Å². The normalized spacial score (nSPS) is 19.2. The smallest absolute Gasteiger partial charge is 0.00503 e. The van der Waals surface area contributed by atoms with E-state index in [4.69, 9.17) is 0 Å². The Morgan fingerprint density at radius 1 is 0.323 bits per heavy atom. The van der Waals surface area contributed by atoms with Gasteiger partial charge in [-0.05, 0) is 152 Å². The van der Waals surface area contributed by atoms with Crippen LogP contribution in [0.15, 0.2) is 206 Å². The molecule has 0 radical (unpaired) electrons. The van der Waals surface area contributed by atoms with Gasteiger partial charge in [0.05, 0.1) is 0 Å². The van der Waals surface area contributed by atoms with Gasteiger partial charge in [-0.15, -0.1) is 15.8 Å². The van der Waals surface area contributed by atoms with Crippen LogP contribution >= 0.6 is 15.8 Å². The Kier molecular flexibility index (Phi) is 12.2. The maximum atomic E-state index is 2.45. The van der Waals surface area contributed by atoms with Crippen LogP contribution in [0, 0.1) is 13.8 Å². The van der Waals surface area contributed by atoms with Gasteiger partial charge in [-0.3, -0.25) is 0 Å². The van der Waals surface area contributed by atoms with Gasteiger partial charge < -0.3 is 0 Å². The lowest BCUT2D eigenvalue weighted by Crippen LogP contribution is -2.08. The molecular weight excluding hydrogens is 783 g/mol. The minimum absolute atomic E-state index is 0.316. The summed E-state index contributed by atoms with van der Waals surface area (Å²) < 4.78 is 0. The Labute approximate surface area is 372 Å². The monoisotopic (exact) mass is 838 g/mol. The Morgan fingerprint density at radius 2 is 0.581 bits per heavy atom. The van der Waals surface area contributed by atoms with Crippen molar-refractivity contribution in [3.8, 4) is 33.4 Å². The standard InChI is InChI=1S/C60H56P2/c1-43-33-35-51(45-21-9-3-10-22-45)57(41-61-37-53(47-25-13-5-14-26-47)54(38-61)48-27-15-6-16-28-48)59(43)60-44(2)34-36-52(46-23-11-4-12-24-46)58(60)42-62-39-55(49-29-17-7-18-30-49)56(40-62)50-31-19-8-20-32-50/h3-36,53-56H,37-42H2,1-2H3/t53-,54-,55-,56-/m0/s1. The average Bonchev–Trinajstić information content (AvgIpc) is 3.96. The highest BCUT2D eigenvalue weighted by atomic mass is 31.1. The zero-order valence-corrected chi connectivity index (χ0v) is 37.9. The molecule has 0 saturated carbocycles. The summed E-state index contributed by atoms with van der Waals surface area (Å²) in [5, 5.41) is 0. The van der Waals surface area contributed by atoms with Gasteiger partial charge in [-0.1, -0.05) is 206 Å². The van der Waals surface area contributed by atoms with Crippen molar-refractivity contribution in [2.45, 2.75) is 49.8 Å². The number of rotatable bonds is 11. The Balaban J connectivity index is 1.12. The van der Waals surface area contributed by atoms with Crippen molar-refractivity contribution >= 4 is 15.8 Å². The number of aryl methyl sites for hydroxylation is 2. The van der Waals surface area contributed by atoms with Gasteiger partial charge in [0.1, 0.15) is 0 Å². The summed E-state index contributed by atoms with van der Waals surface area (Å²) in [7, 11) is -0.632. The molecule has 0 nitrogen and oxygen atoms in total. The molecule has 2 fully saturated rings. The van der Waals surface area contributed by atoms with Crippen molar-refractivity contribution in [3.05, 3.63) is 251 Å². The Morgan fingerprint density at radius 3 is 0.855 bits per heavy atom. The van der Waals surface area contributed by atoms with E-state index >= 15 is 0 Å². The lowest BCUT2D eigenvalue weighted by molar-refractivity contribution is 0.666. The summed E-state index contributed by atoms with van der Waals surface area (Å²) >= 11 is 0. The highest BCUT2D eigenvalue weighted by Gasteiger charge is 2.39. The third kappa shape index (κ3) is 8.41. The topological polar surface area (TPSA) is 0 Å². The van der Waals surface area contributed by atoms with Gasteiger partial charge in [-0.25, -0.2) is 0 Å². The van der Waals surface area contributed by atoms with Gasteiger partial charge >= 0.3 is 0 Å². The van der Waals surface area contributed by atoms with Crippen molar-refractivity contribution in [1.82, 2.24) is 0 Å². The number of benzene rings is 8. The quantitative estimate of drug-likeness (QED) is 0.114. The van der Waals surface area contributed by atoms with E-state index in [1.807, 2.05) is 0 Å². The largest absolute Gasteiger partial charge is 0.101 e. The van der Waals surface area contributed by atoms with E-state index < -0.39 is 0 Å². The summed E-state index contributed by atoms with van der Waals surface area (Å²) in [6.45, 7) is 4.79. The molecule has 62 heavy (non-hydrogen) atoms. The van der Waals surface area contributed by atoms with Gasteiger partial charge in [0, 0.05) is 0 Å². The van der Waals surface area contributed by atoms with E-state index in [-0.39, 0.29) is 15.8 Å². The van der Waals surface area contributed by atoms with Crippen molar-refractivity contribution in [1.29, 1.82) is 0 Å². The maximum Gasteiger partial charge on any atom is -0.00503 e. The van der Waals surface area contributed by atoms with E-state index in [0.29, 0.717) is 23.7 Å². The first-order chi connectivity index (χ1) is 30.6. The molecule has 10 rings (SSSR count).